The third-order valence-corrected chi connectivity index (χ3v) is 5.67. The van der Waals surface area contributed by atoms with E-state index < -0.39 is 0 Å². The number of nitrogens with one attached hydrogen (secondary N) is 1. The molecule has 0 bridgehead atoms. The van der Waals surface area contributed by atoms with Gasteiger partial charge >= 0.3 is 0 Å². The third kappa shape index (κ3) is 5.69. The number of halogens is 2. The smallest absolute Gasteiger partial charge is 0.225 e. The van der Waals surface area contributed by atoms with E-state index in [-0.39, 0.29) is 12.0 Å². The molecule has 0 unspecified atom stereocenters. The highest BCUT2D eigenvalue weighted by Gasteiger charge is 2.21. The largest absolute Gasteiger partial charge is 0.374 e. The SMILES string of the molecule is O=C(Cc1cccs1)NC[C@H]1CN(Cc2ccc(Cl)c(Cl)c2)CCO1. The Bertz CT molecular complexity index is 709. The molecule has 1 N–H and O–H groups in total. The summed E-state index contributed by atoms with van der Waals surface area (Å²) in [7, 11) is 0. The van der Waals surface area contributed by atoms with E-state index in [1.165, 1.54) is 0 Å². The lowest BCUT2D eigenvalue weighted by molar-refractivity contribution is -0.121. The summed E-state index contributed by atoms with van der Waals surface area (Å²) in [6, 6.07) is 9.64. The Balaban J connectivity index is 1.45. The summed E-state index contributed by atoms with van der Waals surface area (Å²) >= 11 is 13.6. The molecule has 25 heavy (non-hydrogen) atoms. The predicted octanol–water partition coefficient (Wildman–Crippen LogP) is 3.61. The molecule has 1 saturated heterocycles. The Kier molecular flexibility index (Phi) is 6.73. The molecule has 1 fully saturated rings. The minimum absolute atomic E-state index is 0.00353. The zero-order valence-electron chi connectivity index (χ0n) is 13.7. The predicted molar refractivity (Wildman–Crippen MR) is 103 cm³/mol. The van der Waals surface area contributed by atoms with Crippen molar-refractivity contribution in [3.63, 3.8) is 0 Å². The molecule has 4 nitrogen and oxygen atoms in total. The standard InChI is InChI=1S/C18H20Cl2N2O2S/c19-16-4-3-13(8-17(16)20)11-22-5-6-24-14(12-22)10-21-18(23)9-15-2-1-7-25-15/h1-4,7-8,14H,5-6,9-12H2,(H,21,23)/t14-/m0/s1. The fourth-order valence-electron chi connectivity index (χ4n) is 2.81. The maximum absolute atomic E-state index is 12.0. The molecule has 1 aliphatic heterocycles. The van der Waals surface area contributed by atoms with Gasteiger partial charge in [-0.2, -0.15) is 0 Å². The van der Waals surface area contributed by atoms with Crippen LogP contribution in [0.1, 0.15) is 10.4 Å². The van der Waals surface area contributed by atoms with Crippen LogP contribution >= 0.6 is 34.5 Å². The highest BCUT2D eigenvalue weighted by molar-refractivity contribution is 7.10. The van der Waals surface area contributed by atoms with Crippen molar-refractivity contribution in [3.05, 3.63) is 56.2 Å². The second-order valence-corrected chi connectivity index (χ2v) is 7.88. The minimum Gasteiger partial charge on any atom is -0.374 e. The Morgan fingerprint density at radius 2 is 2.20 bits per heavy atom. The molecule has 0 spiro atoms. The van der Waals surface area contributed by atoms with Crippen LogP contribution in [-0.4, -0.2) is 43.2 Å². The first kappa shape index (κ1) is 18.7. The van der Waals surface area contributed by atoms with Crippen LogP contribution in [0.25, 0.3) is 0 Å². The lowest BCUT2D eigenvalue weighted by Crippen LogP contribution is -2.47. The normalized spacial score (nSPS) is 18.2. The molecule has 3 rings (SSSR count). The summed E-state index contributed by atoms with van der Waals surface area (Å²) in [4.78, 5) is 15.4. The van der Waals surface area contributed by atoms with Crippen LogP contribution < -0.4 is 5.32 Å². The topological polar surface area (TPSA) is 41.6 Å². The van der Waals surface area contributed by atoms with Gasteiger partial charge in [-0.15, -0.1) is 11.3 Å². The highest BCUT2D eigenvalue weighted by Crippen LogP contribution is 2.23. The summed E-state index contributed by atoms with van der Waals surface area (Å²) < 4.78 is 5.77. The molecule has 1 aliphatic rings. The number of rotatable bonds is 6. The first-order valence-corrected chi connectivity index (χ1v) is 9.80. The summed E-state index contributed by atoms with van der Waals surface area (Å²) in [6.45, 7) is 3.62. The Morgan fingerprint density at radius 1 is 1.32 bits per heavy atom. The van der Waals surface area contributed by atoms with E-state index >= 15 is 0 Å². The Hall–Kier alpha value is -1.11. The molecule has 7 heteroatoms. The van der Waals surface area contributed by atoms with Crippen molar-refractivity contribution in [2.75, 3.05) is 26.2 Å². The minimum atomic E-state index is 0.00353. The van der Waals surface area contributed by atoms with E-state index in [9.17, 15) is 4.79 Å². The number of carbonyl (C=O) groups excluding carboxylic acids is 1. The summed E-state index contributed by atoms with van der Waals surface area (Å²) in [5, 5.41) is 6.09. The van der Waals surface area contributed by atoms with Crippen molar-refractivity contribution in [1.29, 1.82) is 0 Å². The molecule has 1 aromatic heterocycles. The van der Waals surface area contributed by atoms with E-state index in [1.807, 2.05) is 35.7 Å². The van der Waals surface area contributed by atoms with Crippen LogP contribution in [0.4, 0.5) is 0 Å². The molecule has 0 radical (unpaired) electrons. The van der Waals surface area contributed by atoms with Crippen molar-refractivity contribution in [2.45, 2.75) is 19.1 Å². The zero-order chi connectivity index (χ0) is 17.6. The van der Waals surface area contributed by atoms with Crippen LogP contribution in [0.2, 0.25) is 10.0 Å². The van der Waals surface area contributed by atoms with Gasteiger partial charge in [0, 0.05) is 31.1 Å². The average molecular weight is 399 g/mol. The van der Waals surface area contributed by atoms with Gasteiger partial charge in [0.25, 0.3) is 0 Å². The second kappa shape index (κ2) is 9.01. The molecule has 2 aromatic rings. The number of amides is 1. The number of benzene rings is 1. The van der Waals surface area contributed by atoms with Gasteiger partial charge in [0.15, 0.2) is 0 Å². The number of hydrogen-bond donors (Lipinski definition) is 1. The van der Waals surface area contributed by atoms with Gasteiger partial charge in [-0.1, -0.05) is 35.3 Å². The highest BCUT2D eigenvalue weighted by atomic mass is 35.5. The summed E-state index contributed by atoms with van der Waals surface area (Å²) in [5.74, 6) is 0.0349. The van der Waals surface area contributed by atoms with Gasteiger partial charge in [-0.3, -0.25) is 9.69 Å². The zero-order valence-corrected chi connectivity index (χ0v) is 16.0. The van der Waals surface area contributed by atoms with E-state index in [4.69, 9.17) is 27.9 Å². The number of ether oxygens (including phenoxy) is 1. The molecule has 2 heterocycles. The molecule has 1 amide bonds. The maximum Gasteiger partial charge on any atom is 0.225 e. The number of nitrogens with zero attached hydrogens (tertiary/aromatic N) is 1. The molecule has 1 atom stereocenters. The number of carbonyl (C=O) groups is 1. The van der Waals surface area contributed by atoms with Gasteiger partial charge in [0.05, 0.1) is 29.2 Å². The lowest BCUT2D eigenvalue weighted by atomic mass is 10.2. The molecular weight excluding hydrogens is 379 g/mol. The fourth-order valence-corrected chi connectivity index (χ4v) is 3.83. The van der Waals surface area contributed by atoms with Crippen LogP contribution in [0.5, 0.6) is 0 Å². The van der Waals surface area contributed by atoms with E-state index in [1.54, 1.807) is 11.3 Å². The second-order valence-electron chi connectivity index (χ2n) is 6.04. The first-order valence-electron chi connectivity index (χ1n) is 8.17. The molecule has 0 saturated carbocycles. The summed E-state index contributed by atoms with van der Waals surface area (Å²) in [5.41, 5.74) is 1.12. The fraction of sp³-hybridized carbons (Fsp3) is 0.389. The van der Waals surface area contributed by atoms with Crippen LogP contribution in [0, 0.1) is 0 Å². The van der Waals surface area contributed by atoms with Crippen molar-refractivity contribution in [2.24, 2.45) is 0 Å². The Labute approximate surface area is 161 Å². The number of morpholine rings is 1. The maximum atomic E-state index is 12.0. The number of hydrogen-bond acceptors (Lipinski definition) is 4. The summed E-state index contributed by atoms with van der Waals surface area (Å²) in [6.07, 6.45) is 0.431. The van der Waals surface area contributed by atoms with Crippen molar-refractivity contribution in [3.8, 4) is 0 Å². The molecule has 134 valence electrons. The van der Waals surface area contributed by atoms with Crippen molar-refractivity contribution < 1.29 is 9.53 Å². The third-order valence-electron chi connectivity index (χ3n) is 4.05. The van der Waals surface area contributed by atoms with Gasteiger partial charge in [-0.05, 0) is 29.1 Å². The van der Waals surface area contributed by atoms with Crippen LogP contribution in [-0.2, 0) is 22.5 Å². The molecule has 1 aromatic carbocycles. The lowest BCUT2D eigenvalue weighted by Gasteiger charge is -2.33. The number of thiophene rings is 1. The first-order chi connectivity index (χ1) is 12.1. The Morgan fingerprint density at radius 3 is 2.96 bits per heavy atom. The van der Waals surface area contributed by atoms with Crippen molar-refractivity contribution >= 4 is 40.4 Å². The van der Waals surface area contributed by atoms with Gasteiger partial charge < -0.3 is 10.1 Å². The molecule has 0 aliphatic carbocycles. The van der Waals surface area contributed by atoms with Gasteiger partial charge in [0.1, 0.15) is 0 Å². The van der Waals surface area contributed by atoms with Crippen LogP contribution in [0.3, 0.4) is 0 Å². The molecular formula is C18H20Cl2N2O2S. The van der Waals surface area contributed by atoms with Gasteiger partial charge in [0.2, 0.25) is 5.91 Å². The van der Waals surface area contributed by atoms with E-state index in [2.05, 4.69) is 10.2 Å². The van der Waals surface area contributed by atoms with Crippen molar-refractivity contribution in [1.82, 2.24) is 10.2 Å². The monoisotopic (exact) mass is 398 g/mol. The van der Waals surface area contributed by atoms with Gasteiger partial charge in [-0.25, -0.2) is 0 Å². The average Bonchev–Trinajstić information content (AvgIpc) is 3.10. The quantitative estimate of drug-likeness (QED) is 0.807. The van der Waals surface area contributed by atoms with E-state index in [0.29, 0.717) is 29.6 Å². The van der Waals surface area contributed by atoms with E-state index in [0.717, 1.165) is 30.1 Å². The van der Waals surface area contributed by atoms with Crippen LogP contribution in [0.15, 0.2) is 35.7 Å².